The number of carbonyl (C=O) groups excluding carboxylic acids is 4. The first-order valence-corrected chi connectivity index (χ1v) is 32.1. The van der Waals surface area contributed by atoms with Crippen molar-refractivity contribution in [3.05, 3.63) is 0 Å². The van der Waals surface area contributed by atoms with E-state index in [9.17, 15) is 43.2 Å². The number of rotatable bonds is 55. The smallest absolute Gasteiger partial charge is 0.462 e. The van der Waals surface area contributed by atoms with Crippen molar-refractivity contribution in [3.8, 4) is 0 Å². The molecule has 0 aliphatic carbocycles. The molecule has 0 spiro atoms. The van der Waals surface area contributed by atoms with Gasteiger partial charge in [-0.15, -0.1) is 0 Å². The molecule has 17 nitrogen and oxygen atoms in total. The number of aliphatic hydroxyl groups is 1. The second-order valence-corrected chi connectivity index (χ2v) is 23.4. The second kappa shape index (κ2) is 49.4. The average molecular weight is 1100 g/mol. The second-order valence-electron chi connectivity index (χ2n) is 20.4. The number of esters is 4. The molecule has 0 fully saturated rings. The van der Waals surface area contributed by atoms with Crippen LogP contribution < -0.4 is 0 Å². The zero-order valence-corrected chi connectivity index (χ0v) is 48.7. The highest BCUT2D eigenvalue weighted by atomic mass is 31.2. The normalized spacial score (nSPS) is 14.5. The van der Waals surface area contributed by atoms with E-state index in [-0.39, 0.29) is 25.7 Å². The molecule has 0 aromatic heterocycles. The van der Waals surface area contributed by atoms with E-state index < -0.39 is 97.5 Å². The fraction of sp³-hybridized carbons (Fsp3) is 0.927. The summed E-state index contributed by atoms with van der Waals surface area (Å²) in [6, 6.07) is 0. The van der Waals surface area contributed by atoms with Crippen LogP contribution in [0.3, 0.4) is 0 Å². The van der Waals surface area contributed by atoms with Crippen LogP contribution in [0.5, 0.6) is 0 Å². The monoisotopic (exact) mass is 1100 g/mol. The number of hydrogen-bond acceptors (Lipinski definition) is 15. The van der Waals surface area contributed by atoms with Gasteiger partial charge in [0.2, 0.25) is 0 Å². The number of unbranched alkanes of at least 4 members (excludes halogenated alkanes) is 27. The molecule has 19 heteroatoms. The van der Waals surface area contributed by atoms with Gasteiger partial charge >= 0.3 is 39.5 Å². The van der Waals surface area contributed by atoms with Crippen LogP contribution in [0.2, 0.25) is 0 Å². The van der Waals surface area contributed by atoms with Crippen LogP contribution in [0.4, 0.5) is 0 Å². The first-order valence-electron chi connectivity index (χ1n) is 29.1. The Morgan fingerprint density at radius 1 is 0.365 bits per heavy atom. The Morgan fingerprint density at radius 2 is 0.622 bits per heavy atom. The Balaban J connectivity index is 5.20. The summed E-state index contributed by atoms with van der Waals surface area (Å²) in [7, 11) is -9.86. The van der Waals surface area contributed by atoms with Crippen molar-refractivity contribution in [3.63, 3.8) is 0 Å². The van der Waals surface area contributed by atoms with Crippen LogP contribution in [0, 0.1) is 5.92 Å². The molecule has 0 saturated heterocycles. The van der Waals surface area contributed by atoms with Gasteiger partial charge in [0.25, 0.3) is 0 Å². The van der Waals surface area contributed by atoms with Crippen molar-refractivity contribution in [1.29, 1.82) is 0 Å². The van der Waals surface area contributed by atoms with Crippen molar-refractivity contribution >= 4 is 39.5 Å². The molecule has 2 unspecified atom stereocenters. The molecular formula is C55H106O17P2. The summed E-state index contributed by atoms with van der Waals surface area (Å²) in [6.45, 7) is 6.96. The van der Waals surface area contributed by atoms with Gasteiger partial charge in [-0.3, -0.25) is 37.3 Å². The lowest BCUT2D eigenvalue weighted by atomic mass is 10.0. The van der Waals surface area contributed by atoms with Crippen LogP contribution >= 0.6 is 15.6 Å². The Bertz CT molecular complexity index is 1470. The third-order valence-corrected chi connectivity index (χ3v) is 14.4. The molecule has 0 aliphatic rings. The van der Waals surface area contributed by atoms with E-state index in [4.69, 9.17) is 37.0 Å². The number of carbonyl (C=O) groups is 4. The number of aliphatic hydroxyl groups excluding tert-OH is 1. The van der Waals surface area contributed by atoms with E-state index in [1.54, 1.807) is 0 Å². The third kappa shape index (κ3) is 49.6. The predicted octanol–water partition coefficient (Wildman–Crippen LogP) is 14.3. The minimum absolute atomic E-state index is 0.104. The summed E-state index contributed by atoms with van der Waals surface area (Å²) in [5, 5.41) is 10.5. The lowest BCUT2D eigenvalue weighted by molar-refractivity contribution is -0.161. The molecular weight excluding hydrogens is 995 g/mol. The molecule has 0 aromatic rings. The quantitative estimate of drug-likeness (QED) is 0.0222. The summed E-state index contributed by atoms with van der Waals surface area (Å²) in [5.41, 5.74) is 0. The van der Waals surface area contributed by atoms with Gasteiger partial charge in [0.15, 0.2) is 12.2 Å². The largest absolute Gasteiger partial charge is 0.472 e. The van der Waals surface area contributed by atoms with E-state index in [1.807, 2.05) is 0 Å². The first kappa shape index (κ1) is 72.1. The average Bonchev–Trinajstić information content (AvgIpc) is 3.36. The van der Waals surface area contributed by atoms with Crippen molar-refractivity contribution in [2.75, 3.05) is 39.6 Å². The third-order valence-electron chi connectivity index (χ3n) is 12.5. The lowest BCUT2D eigenvalue weighted by Crippen LogP contribution is -2.30. The Labute approximate surface area is 447 Å². The molecule has 0 aliphatic heterocycles. The number of hydrogen-bond donors (Lipinski definition) is 3. The highest BCUT2D eigenvalue weighted by Gasteiger charge is 2.30. The van der Waals surface area contributed by atoms with Crippen molar-refractivity contribution in [2.45, 2.75) is 284 Å². The zero-order chi connectivity index (χ0) is 55.0. The van der Waals surface area contributed by atoms with E-state index in [1.165, 1.54) is 64.2 Å². The maximum atomic E-state index is 12.9. The summed E-state index contributed by atoms with van der Waals surface area (Å²) in [4.78, 5) is 71.5. The molecule has 0 amide bonds. The molecule has 0 bridgehead atoms. The fourth-order valence-corrected chi connectivity index (χ4v) is 9.57. The topological polar surface area (TPSA) is 237 Å². The van der Waals surface area contributed by atoms with Crippen LogP contribution in [0.1, 0.15) is 266 Å². The Kier molecular flexibility index (Phi) is 48.1. The van der Waals surface area contributed by atoms with Gasteiger partial charge in [0.1, 0.15) is 19.3 Å². The van der Waals surface area contributed by atoms with Crippen LogP contribution in [-0.2, 0) is 65.4 Å². The molecule has 0 heterocycles. The Hall–Kier alpha value is -1.94. The van der Waals surface area contributed by atoms with Gasteiger partial charge in [-0.25, -0.2) is 9.13 Å². The molecule has 0 saturated carbocycles. The molecule has 438 valence electrons. The maximum Gasteiger partial charge on any atom is 0.472 e. The van der Waals surface area contributed by atoms with E-state index in [0.717, 1.165) is 116 Å². The van der Waals surface area contributed by atoms with Gasteiger partial charge in [-0.2, -0.15) is 0 Å². The summed E-state index contributed by atoms with van der Waals surface area (Å²) < 4.78 is 67.4. The molecule has 0 radical (unpaired) electrons. The summed E-state index contributed by atoms with van der Waals surface area (Å²) >= 11 is 0. The molecule has 0 rings (SSSR count). The molecule has 3 N–H and O–H groups in total. The fourth-order valence-electron chi connectivity index (χ4n) is 7.99. The van der Waals surface area contributed by atoms with E-state index in [0.29, 0.717) is 31.6 Å². The molecule has 0 aromatic carbocycles. The maximum absolute atomic E-state index is 12.9. The van der Waals surface area contributed by atoms with Gasteiger partial charge in [-0.05, 0) is 31.6 Å². The molecule has 5 atom stereocenters. The highest BCUT2D eigenvalue weighted by Crippen LogP contribution is 2.45. The first-order chi connectivity index (χ1) is 35.5. The summed E-state index contributed by atoms with van der Waals surface area (Å²) in [6.07, 6.45) is 29.6. The minimum Gasteiger partial charge on any atom is -0.462 e. The van der Waals surface area contributed by atoms with Crippen molar-refractivity contribution < 1.29 is 80.2 Å². The lowest BCUT2D eigenvalue weighted by Gasteiger charge is -2.21. The minimum atomic E-state index is -4.93. The van der Waals surface area contributed by atoms with E-state index in [2.05, 4.69) is 34.6 Å². The SMILES string of the molecule is CCCCCCCCCCCCC(=O)O[C@H](COC(=O)CCCCCCCCC(C)C)COP(=O)(O)OC[C@@H](O)COP(=O)(O)OC[C@@H](COC(=O)CCCCCCCCC)OC(=O)CCCCCCCCCC. The standard InChI is InChI=1S/C55H106O17P2/c1-6-9-12-15-18-20-21-24-31-36-41-55(60)72-51(45-66-53(58)39-34-29-26-25-27-32-37-48(4)5)47-70-74(63,64)68-43-49(56)42-67-73(61,62)69-46-50(44-65-52(57)38-33-28-22-17-14-11-8-3)71-54(59)40-35-30-23-19-16-13-10-7-2/h48-51,56H,6-47H2,1-5H3,(H,61,62)(H,63,64)/t49-,50+,51+/m0/s1. The van der Waals surface area contributed by atoms with Gasteiger partial charge in [0, 0.05) is 25.7 Å². The van der Waals surface area contributed by atoms with Crippen molar-refractivity contribution in [1.82, 2.24) is 0 Å². The van der Waals surface area contributed by atoms with Crippen LogP contribution in [-0.4, -0.2) is 96.7 Å². The number of phosphoric ester groups is 2. The predicted molar refractivity (Wildman–Crippen MR) is 289 cm³/mol. The van der Waals surface area contributed by atoms with Crippen LogP contribution in [0.15, 0.2) is 0 Å². The van der Waals surface area contributed by atoms with Crippen LogP contribution in [0.25, 0.3) is 0 Å². The summed E-state index contributed by atoms with van der Waals surface area (Å²) in [5.74, 6) is -1.48. The van der Waals surface area contributed by atoms with Crippen molar-refractivity contribution in [2.24, 2.45) is 5.92 Å². The number of ether oxygens (including phenoxy) is 4. The zero-order valence-electron chi connectivity index (χ0n) is 47.0. The number of phosphoric acid groups is 2. The Morgan fingerprint density at radius 3 is 0.919 bits per heavy atom. The van der Waals surface area contributed by atoms with Gasteiger partial charge < -0.3 is 33.8 Å². The van der Waals surface area contributed by atoms with Gasteiger partial charge in [-0.1, -0.05) is 214 Å². The highest BCUT2D eigenvalue weighted by molar-refractivity contribution is 7.47. The van der Waals surface area contributed by atoms with Gasteiger partial charge in [0.05, 0.1) is 26.4 Å². The van der Waals surface area contributed by atoms with E-state index >= 15 is 0 Å². The molecule has 74 heavy (non-hydrogen) atoms.